The van der Waals surface area contributed by atoms with Crippen LogP contribution in [0.5, 0.6) is 0 Å². The topological polar surface area (TPSA) is 29.9 Å². The van der Waals surface area contributed by atoms with Crippen molar-refractivity contribution < 1.29 is 13.2 Å². The Morgan fingerprint density at radius 3 is 2.60 bits per heavy atom. The van der Waals surface area contributed by atoms with Gasteiger partial charge >= 0.3 is 6.18 Å². The van der Waals surface area contributed by atoms with Crippen molar-refractivity contribution in [3.63, 3.8) is 0 Å². The van der Waals surface area contributed by atoms with E-state index in [0.29, 0.717) is 6.42 Å². The SMILES string of the molecule is CCCNC(CCCC(F)(F)F)c1cc(C)nn1CC. The fourth-order valence-corrected chi connectivity index (χ4v) is 2.28. The van der Waals surface area contributed by atoms with Gasteiger partial charge in [0, 0.05) is 19.0 Å². The molecule has 0 radical (unpaired) electrons. The average Bonchev–Trinajstić information content (AvgIpc) is 2.73. The predicted octanol–water partition coefficient (Wildman–Crippen LogP) is 3.98. The Kier molecular flexibility index (Phi) is 6.52. The molecule has 0 saturated heterocycles. The molecule has 6 heteroatoms. The summed E-state index contributed by atoms with van der Waals surface area (Å²) in [6, 6.07) is 1.91. The van der Waals surface area contributed by atoms with E-state index in [1.165, 1.54) is 0 Å². The van der Waals surface area contributed by atoms with E-state index in [9.17, 15) is 13.2 Å². The van der Waals surface area contributed by atoms with Gasteiger partial charge < -0.3 is 5.32 Å². The maximum Gasteiger partial charge on any atom is 0.389 e. The molecule has 0 amide bonds. The molecule has 0 spiro atoms. The first-order chi connectivity index (χ1) is 9.37. The van der Waals surface area contributed by atoms with Gasteiger partial charge in [-0.25, -0.2) is 0 Å². The second-order valence-electron chi connectivity index (χ2n) is 5.04. The summed E-state index contributed by atoms with van der Waals surface area (Å²) in [5.74, 6) is 0. The minimum absolute atomic E-state index is 0.0570. The highest BCUT2D eigenvalue weighted by atomic mass is 19.4. The first kappa shape index (κ1) is 17.0. The average molecular weight is 291 g/mol. The van der Waals surface area contributed by atoms with Crippen LogP contribution in [0.4, 0.5) is 13.2 Å². The third-order valence-electron chi connectivity index (χ3n) is 3.18. The van der Waals surface area contributed by atoms with Gasteiger partial charge in [-0.15, -0.1) is 0 Å². The van der Waals surface area contributed by atoms with Crippen molar-refractivity contribution in [3.8, 4) is 0 Å². The maximum atomic E-state index is 12.3. The van der Waals surface area contributed by atoms with E-state index in [0.717, 1.165) is 30.9 Å². The molecule has 20 heavy (non-hydrogen) atoms. The Balaban J connectivity index is 2.72. The quantitative estimate of drug-likeness (QED) is 0.785. The van der Waals surface area contributed by atoms with Gasteiger partial charge in [0.1, 0.15) is 0 Å². The molecule has 0 bridgehead atoms. The van der Waals surface area contributed by atoms with Crippen LogP contribution in [-0.2, 0) is 6.54 Å². The summed E-state index contributed by atoms with van der Waals surface area (Å²) in [7, 11) is 0. The second kappa shape index (κ2) is 7.67. The van der Waals surface area contributed by atoms with Crippen LogP contribution >= 0.6 is 0 Å². The van der Waals surface area contributed by atoms with Crippen molar-refractivity contribution in [2.45, 2.75) is 65.2 Å². The largest absolute Gasteiger partial charge is 0.389 e. The van der Waals surface area contributed by atoms with Crippen molar-refractivity contribution >= 4 is 0 Å². The van der Waals surface area contributed by atoms with Crippen LogP contribution in [0, 0.1) is 6.92 Å². The lowest BCUT2D eigenvalue weighted by molar-refractivity contribution is -0.135. The molecule has 1 unspecified atom stereocenters. The van der Waals surface area contributed by atoms with Crippen LogP contribution in [0.15, 0.2) is 6.07 Å². The molecular weight excluding hydrogens is 267 g/mol. The van der Waals surface area contributed by atoms with E-state index >= 15 is 0 Å². The number of alkyl halides is 3. The van der Waals surface area contributed by atoms with E-state index in [1.807, 2.05) is 31.5 Å². The fourth-order valence-electron chi connectivity index (χ4n) is 2.28. The summed E-state index contributed by atoms with van der Waals surface area (Å²) >= 11 is 0. The van der Waals surface area contributed by atoms with Crippen molar-refractivity contribution in [2.75, 3.05) is 6.54 Å². The van der Waals surface area contributed by atoms with Crippen LogP contribution in [0.1, 0.15) is 57.0 Å². The zero-order valence-electron chi connectivity index (χ0n) is 12.4. The Hall–Kier alpha value is -1.04. The minimum Gasteiger partial charge on any atom is -0.309 e. The molecule has 1 N–H and O–H groups in total. The number of nitrogens with zero attached hydrogens (tertiary/aromatic N) is 2. The number of aryl methyl sites for hydroxylation is 2. The predicted molar refractivity (Wildman–Crippen MR) is 73.6 cm³/mol. The molecule has 0 aliphatic rings. The number of halogens is 3. The highest BCUT2D eigenvalue weighted by Crippen LogP contribution is 2.26. The van der Waals surface area contributed by atoms with Crippen LogP contribution in [-0.4, -0.2) is 22.5 Å². The minimum atomic E-state index is -4.07. The molecule has 0 aliphatic carbocycles. The number of nitrogens with one attached hydrogen (secondary N) is 1. The Morgan fingerprint density at radius 1 is 1.35 bits per heavy atom. The van der Waals surface area contributed by atoms with E-state index in [1.54, 1.807) is 0 Å². The lowest BCUT2D eigenvalue weighted by atomic mass is 10.1. The summed E-state index contributed by atoms with van der Waals surface area (Å²) in [4.78, 5) is 0. The number of rotatable bonds is 8. The lowest BCUT2D eigenvalue weighted by Crippen LogP contribution is -2.25. The van der Waals surface area contributed by atoms with Gasteiger partial charge in [0.15, 0.2) is 0 Å². The second-order valence-corrected chi connectivity index (χ2v) is 5.04. The van der Waals surface area contributed by atoms with Crippen LogP contribution in [0.3, 0.4) is 0 Å². The smallest absolute Gasteiger partial charge is 0.309 e. The standard InChI is InChI=1S/C14H24F3N3/c1-4-9-18-12(7-6-8-14(15,16)17)13-10-11(3)19-20(13)5-2/h10,12,18H,4-9H2,1-3H3. The molecule has 0 fully saturated rings. The first-order valence-corrected chi connectivity index (χ1v) is 7.21. The molecular formula is C14H24F3N3. The van der Waals surface area contributed by atoms with Gasteiger partial charge in [-0.05, 0) is 45.7 Å². The first-order valence-electron chi connectivity index (χ1n) is 7.21. The molecule has 1 atom stereocenters. The van der Waals surface area contributed by atoms with Crippen LogP contribution in [0.25, 0.3) is 0 Å². The Labute approximate surface area is 118 Å². The van der Waals surface area contributed by atoms with E-state index in [4.69, 9.17) is 0 Å². The summed E-state index contributed by atoms with van der Waals surface area (Å²) in [5.41, 5.74) is 1.89. The molecule has 0 aromatic carbocycles. The molecule has 1 heterocycles. The van der Waals surface area contributed by atoms with Crippen molar-refractivity contribution in [3.05, 3.63) is 17.5 Å². The Morgan fingerprint density at radius 2 is 2.05 bits per heavy atom. The number of hydrogen-bond donors (Lipinski definition) is 1. The number of hydrogen-bond acceptors (Lipinski definition) is 2. The van der Waals surface area contributed by atoms with E-state index in [-0.39, 0.29) is 12.5 Å². The zero-order chi connectivity index (χ0) is 15.2. The molecule has 1 rings (SSSR count). The summed E-state index contributed by atoms with van der Waals surface area (Å²) in [6.07, 6.45) is -3.23. The molecule has 116 valence electrons. The molecule has 0 aliphatic heterocycles. The van der Waals surface area contributed by atoms with Crippen molar-refractivity contribution in [1.29, 1.82) is 0 Å². The third-order valence-corrected chi connectivity index (χ3v) is 3.18. The van der Waals surface area contributed by atoms with Crippen molar-refractivity contribution in [1.82, 2.24) is 15.1 Å². The fraction of sp³-hybridized carbons (Fsp3) is 0.786. The normalized spacial score (nSPS) is 13.7. The zero-order valence-corrected chi connectivity index (χ0v) is 12.4. The summed E-state index contributed by atoms with van der Waals surface area (Å²) in [6.45, 7) is 7.46. The molecule has 1 aromatic rings. The van der Waals surface area contributed by atoms with Crippen LogP contribution in [0.2, 0.25) is 0 Å². The highest BCUT2D eigenvalue weighted by Gasteiger charge is 2.27. The van der Waals surface area contributed by atoms with Gasteiger partial charge in [-0.1, -0.05) is 6.92 Å². The Bertz CT molecular complexity index is 399. The van der Waals surface area contributed by atoms with E-state index in [2.05, 4.69) is 10.4 Å². The third kappa shape index (κ3) is 5.53. The van der Waals surface area contributed by atoms with E-state index < -0.39 is 12.6 Å². The van der Waals surface area contributed by atoms with Crippen molar-refractivity contribution in [2.24, 2.45) is 0 Å². The summed E-state index contributed by atoms with van der Waals surface area (Å²) < 4.78 is 38.7. The maximum absolute atomic E-state index is 12.3. The van der Waals surface area contributed by atoms with Gasteiger partial charge in [-0.2, -0.15) is 18.3 Å². The molecule has 1 aromatic heterocycles. The summed E-state index contributed by atoms with van der Waals surface area (Å²) in [5, 5.41) is 7.70. The molecule has 3 nitrogen and oxygen atoms in total. The lowest BCUT2D eigenvalue weighted by Gasteiger charge is -2.20. The molecule has 0 saturated carbocycles. The highest BCUT2D eigenvalue weighted by molar-refractivity contribution is 5.13. The van der Waals surface area contributed by atoms with Gasteiger partial charge in [0.25, 0.3) is 0 Å². The van der Waals surface area contributed by atoms with Gasteiger partial charge in [0.2, 0.25) is 0 Å². The van der Waals surface area contributed by atoms with Crippen LogP contribution < -0.4 is 5.32 Å². The van der Waals surface area contributed by atoms with Gasteiger partial charge in [-0.3, -0.25) is 4.68 Å². The van der Waals surface area contributed by atoms with Gasteiger partial charge in [0.05, 0.1) is 11.4 Å². The monoisotopic (exact) mass is 291 g/mol. The number of aromatic nitrogens is 2.